The van der Waals surface area contributed by atoms with E-state index in [0.29, 0.717) is 0 Å². The Morgan fingerprint density at radius 1 is 0.484 bits per heavy atom. The van der Waals surface area contributed by atoms with Gasteiger partial charge in [0.15, 0.2) is 0 Å². The summed E-state index contributed by atoms with van der Waals surface area (Å²) in [5.41, 5.74) is 4.43. The van der Waals surface area contributed by atoms with E-state index in [1.165, 1.54) is 22.3 Å². The van der Waals surface area contributed by atoms with Crippen molar-refractivity contribution in [1.29, 1.82) is 0 Å². The van der Waals surface area contributed by atoms with Crippen LogP contribution >= 0.6 is 17.7 Å². The first-order valence-corrected chi connectivity index (χ1v) is 13.9. The van der Waals surface area contributed by atoms with E-state index in [0.717, 1.165) is 10.6 Å². The first kappa shape index (κ1) is 26.2. The van der Waals surface area contributed by atoms with Gasteiger partial charge in [-0.2, -0.15) is 0 Å². The third-order valence-electron chi connectivity index (χ3n) is 5.96. The third-order valence-corrected chi connectivity index (χ3v) is 8.98. The summed E-state index contributed by atoms with van der Waals surface area (Å²) in [6, 6.07) is 12.7. The molecular formula is C28H42ClOP. The molecule has 172 valence electrons. The standard InChI is InChI=1S/C28H42ClOP/c1-25(2,3)19-13-20(26(4,5)6)16-23(15-19)31(29,30)24-17-21(27(7,8)9)14-22(18-24)28(10,11)12/h13-18H,1-12H3. The number of halogens is 1. The molecule has 0 aromatic heterocycles. The Hall–Kier alpha value is -1.04. The fraction of sp³-hybridized carbons (Fsp3) is 0.571. The number of hydrogen-bond acceptors (Lipinski definition) is 1. The highest BCUT2D eigenvalue weighted by Crippen LogP contribution is 2.51. The minimum absolute atomic E-state index is 0.0588. The van der Waals surface area contributed by atoms with Gasteiger partial charge in [0, 0.05) is 10.6 Å². The second-order valence-corrected chi connectivity index (χ2v) is 16.6. The maximum atomic E-state index is 14.3. The molecule has 2 aromatic carbocycles. The highest BCUT2D eigenvalue weighted by molar-refractivity contribution is 8.00. The monoisotopic (exact) mass is 460 g/mol. The van der Waals surface area contributed by atoms with Gasteiger partial charge in [-0.25, -0.2) is 0 Å². The molecule has 0 unspecified atom stereocenters. The summed E-state index contributed by atoms with van der Waals surface area (Å²) in [5, 5.41) is 1.47. The number of rotatable bonds is 2. The summed E-state index contributed by atoms with van der Waals surface area (Å²) in [6.07, 6.45) is 0. The van der Waals surface area contributed by atoms with Gasteiger partial charge >= 0.3 is 0 Å². The van der Waals surface area contributed by atoms with Gasteiger partial charge in [-0.1, -0.05) is 95.2 Å². The Kier molecular flexibility index (Phi) is 6.83. The van der Waals surface area contributed by atoms with Crippen LogP contribution in [0, 0.1) is 0 Å². The molecule has 3 heteroatoms. The second kappa shape index (κ2) is 8.07. The molecule has 31 heavy (non-hydrogen) atoms. The van der Waals surface area contributed by atoms with Crippen molar-refractivity contribution in [3.63, 3.8) is 0 Å². The van der Waals surface area contributed by atoms with E-state index in [9.17, 15) is 4.57 Å². The largest absolute Gasteiger partial charge is 0.296 e. The molecule has 2 rings (SSSR count). The highest BCUT2D eigenvalue weighted by Gasteiger charge is 2.32. The van der Waals surface area contributed by atoms with Gasteiger partial charge in [-0.05, 0) is 79.4 Å². The summed E-state index contributed by atoms with van der Waals surface area (Å²) in [7, 11) is 0. The van der Waals surface area contributed by atoms with Gasteiger partial charge < -0.3 is 0 Å². The second-order valence-electron chi connectivity index (χ2n) is 13.1. The van der Waals surface area contributed by atoms with Crippen LogP contribution in [0.1, 0.15) is 105 Å². The summed E-state index contributed by atoms with van der Waals surface area (Å²) in [4.78, 5) is 0. The average Bonchev–Trinajstić information content (AvgIpc) is 2.58. The zero-order valence-corrected chi connectivity index (χ0v) is 23.3. The molecule has 0 N–H and O–H groups in total. The molecule has 0 heterocycles. The average molecular weight is 461 g/mol. The van der Waals surface area contributed by atoms with E-state index in [1.54, 1.807) is 0 Å². The van der Waals surface area contributed by atoms with Gasteiger partial charge in [0.1, 0.15) is 0 Å². The molecule has 0 bridgehead atoms. The summed E-state index contributed by atoms with van der Waals surface area (Å²) >= 11 is 7.03. The van der Waals surface area contributed by atoms with Crippen molar-refractivity contribution < 1.29 is 4.57 Å². The maximum Gasteiger partial charge on any atom is 0.225 e. The van der Waals surface area contributed by atoms with Crippen molar-refractivity contribution in [3.8, 4) is 0 Å². The third kappa shape index (κ3) is 6.06. The van der Waals surface area contributed by atoms with Crippen LogP contribution in [-0.4, -0.2) is 0 Å². The lowest BCUT2D eigenvalue weighted by molar-refractivity contribution is 0.568. The first-order valence-electron chi connectivity index (χ1n) is 11.3. The fourth-order valence-corrected chi connectivity index (χ4v) is 5.54. The van der Waals surface area contributed by atoms with Crippen LogP contribution in [0.3, 0.4) is 0 Å². The molecule has 0 aliphatic rings. The van der Waals surface area contributed by atoms with Gasteiger partial charge in [0.2, 0.25) is 6.49 Å². The minimum Gasteiger partial charge on any atom is -0.296 e. The van der Waals surface area contributed by atoms with Crippen molar-refractivity contribution in [1.82, 2.24) is 0 Å². The van der Waals surface area contributed by atoms with E-state index >= 15 is 0 Å². The Morgan fingerprint density at radius 2 is 0.677 bits per heavy atom. The van der Waals surface area contributed by atoms with Crippen LogP contribution < -0.4 is 10.6 Å². The molecule has 0 aliphatic carbocycles. The van der Waals surface area contributed by atoms with Crippen molar-refractivity contribution >= 4 is 28.3 Å². The number of benzene rings is 2. The molecule has 0 amide bonds. The lowest BCUT2D eigenvalue weighted by Gasteiger charge is -2.29. The van der Waals surface area contributed by atoms with Crippen molar-refractivity contribution in [3.05, 3.63) is 58.7 Å². The lowest BCUT2D eigenvalue weighted by Crippen LogP contribution is -2.24. The topological polar surface area (TPSA) is 17.1 Å². The van der Waals surface area contributed by atoms with E-state index < -0.39 is 6.49 Å². The van der Waals surface area contributed by atoms with Gasteiger partial charge in [-0.15, -0.1) is 0 Å². The van der Waals surface area contributed by atoms with Crippen LogP contribution in [-0.2, 0) is 26.2 Å². The Labute approximate surface area is 196 Å². The van der Waals surface area contributed by atoms with Crippen LogP contribution in [0.15, 0.2) is 36.4 Å². The molecule has 0 atom stereocenters. The normalized spacial score (nSPS) is 14.1. The van der Waals surface area contributed by atoms with Crippen molar-refractivity contribution in [2.75, 3.05) is 0 Å². The van der Waals surface area contributed by atoms with E-state index in [-0.39, 0.29) is 21.7 Å². The zero-order valence-electron chi connectivity index (χ0n) is 21.7. The Balaban J connectivity index is 2.85. The minimum atomic E-state index is -3.31. The van der Waals surface area contributed by atoms with E-state index in [1.807, 2.05) is 0 Å². The van der Waals surface area contributed by atoms with Crippen molar-refractivity contribution in [2.45, 2.75) is 105 Å². The first-order chi connectivity index (χ1) is 13.6. The Morgan fingerprint density at radius 3 is 0.839 bits per heavy atom. The molecule has 0 saturated carbocycles. The molecule has 2 aromatic rings. The SMILES string of the molecule is CC(C)(C)c1cc(C(C)(C)C)cc(P(=O)(Cl)c2cc(C(C)(C)C)cc(C(C)(C)C)c2)c1. The smallest absolute Gasteiger partial charge is 0.225 e. The molecule has 0 saturated heterocycles. The van der Waals surface area contributed by atoms with Gasteiger partial charge in [0.05, 0.1) is 0 Å². The molecule has 1 nitrogen and oxygen atoms in total. The lowest BCUT2D eigenvalue weighted by atomic mass is 9.81. The van der Waals surface area contributed by atoms with Crippen molar-refractivity contribution in [2.24, 2.45) is 0 Å². The van der Waals surface area contributed by atoms with Crippen LogP contribution in [0.25, 0.3) is 0 Å². The molecule has 0 spiro atoms. The summed E-state index contributed by atoms with van der Waals surface area (Å²) in [5.74, 6) is 0. The summed E-state index contributed by atoms with van der Waals surface area (Å²) in [6.45, 7) is 23.0. The maximum absolute atomic E-state index is 14.3. The molecule has 0 radical (unpaired) electrons. The van der Waals surface area contributed by atoms with Gasteiger partial charge in [0.25, 0.3) is 0 Å². The predicted octanol–water partition coefficient (Wildman–Crippen LogP) is 8.34. The van der Waals surface area contributed by atoms with E-state index in [2.05, 4.69) is 119 Å². The summed E-state index contributed by atoms with van der Waals surface area (Å²) < 4.78 is 14.3. The highest BCUT2D eigenvalue weighted by atomic mass is 35.7. The Bertz CT molecular complexity index is 861. The fourth-order valence-electron chi connectivity index (χ4n) is 3.44. The molecular weight excluding hydrogens is 419 g/mol. The zero-order chi connectivity index (χ0) is 24.2. The molecule has 0 aliphatic heterocycles. The van der Waals surface area contributed by atoms with Crippen LogP contribution in [0.2, 0.25) is 0 Å². The predicted molar refractivity (Wildman–Crippen MR) is 140 cm³/mol. The van der Waals surface area contributed by atoms with Crippen LogP contribution in [0.4, 0.5) is 0 Å². The van der Waals surface area contributed by atoms with Gasteiger partial charge in [-0.3, -0.25) is 4.57 Å². The number of hydrogen-bond donors (Lipinski definition) is 0. The van der Waals surface area contributed by atoms with E-state index in [4.69, 9.17) is 11.2 Å². The quantitative estimate of drug-likeness (QED) is 0.411. The van der Waals surface area contributed by atoms with Crippen LogP contribution in [0.5, 0.6) is 0 Å². The molecule has 0 fully saturated rings.